The lowest BCUT2D eigenvalue weighted by atomic mass is 9.92. The first kappa shape index (κ1) is 47.3. The Balaban J connectivity index is 1.18. The smallest absolute Gasteiger partial charge is 0.142 e. The molecule has 0 amide bonds. The van der Waals surface area contributed by atoms with E-state index in [-0.39, 0.29) is 39.6 Å². The van der Waals surface area contributed by atoms with Gasteiger partial charge in [0.15, 0.2) is 0 Å². The molecule has 0 unspecified atom stereocenters. The number of nitrogens with zero attached hydrogens (tertiary/aromatic N) is 4. The molecule has 64 heavy (non-hydrogen) atoms. The molecule has 4 N–H and O–H groups in total. The van der Waals surface area contributed by atoms with Gasteiger partial charge in [0.25, 0.3) is 0 Å². The molecule has 0 aliphatic heterocycles. The third-order valence-electron chi connectivity index (χ3n) is 10.5. The molecule has 0 fully saturated rings. The third-order valence-corrected chi connectivity index (χ3v) is 11.1. The van der Waals surface area contributed by atoms with Crippen molar-refractivity contribution in [1.82, 2.24) is 20.6 Å². The van der Waals surface area contributed by atoms with Crippen LogP contribution in [0.15, 0.2) is 97.6 Å². The van der Waals surface area contributed by atoms with Gasteiger partial charge >= 0.3 is 0 Å². The minimum atomic E-state index is 0.0862. The van der Waals surface area contributed by atoms with Crippen LogP contribution >= 0.6 is 23.2 Å². The highest BCUT2D eigenvalue weighted by Gasteiger charge is 2.17. The number of benzene rings is 4. The second-order valence-electron chi connectivity index (χ2n) is 15.0. The van der Waals surface area contributed by atoms with Gasteiger partial charge in [0, 0.05) is 85.5 Å². The number of nitriles is 2. The van der Waals surface area contributed by atoms with Crippen molar-refractivity contribution in [2.24, 2.45) is 0 Å². The molecule has 0 saturated carbocycles. The van der Waals surface area contributed by atoms with E-state index in [4.69, 9.17) is 42.1 Å². The number of aliphatic hydroxyl groups excluding tert-OH is 2. The zero-order valence-electron chi connectivity index (χ0n) is 35.8. The summed E-state index contributed by atoms with van der Waals surface area (Å²) in [5.41, 5.74) is 10.2. The molecule has 6 aromatic rings. The van der Waals surface area contributed by atoms with Crippen LogP contribution in [0.1, 0.15) is 68.5 Å². The number of pyridine rings is 2. The molecule has 0 aliphatic carbocycles. The molecule has 14 heteroatoms. The molecule has 2 aromatic heterocycles. The summed E-state index contributed by atoms with van der Waals surface area (Å²) in [5, 5.41) is 44.6. The lowest BCUT2D eigenvalue weighted by molar-refractivity contribution is 0.282. The highest BCUT2D eigenvalue weighted by atomic mass is 35.5. The molecule has 0 spiro atoms. The first-order chi connectivity index (χ1) is 31.2. The fourth-order valence-electron chi connectivity index (χ4n) is 6.92. The summed E-state index contributed by atoms with van der Waals surface area (Å²) >= 11 is 13.6. The molecule has 0 aliphatic rings. The second kappa shape index (κ2) is 24.0. The Morgan fingerprint density at radius 3 is 1.38 bits per heavy atom. The fraction of sp³-hybridized carbons (Fsp3) is 0.280. The topological polar surface area (TPSA) is 175 Å². The number of nitrogens with one attached hydrogen (secondary N) is 2. The van der Waals surface area contributed by atoms with Crippen LogP contribution in [-0.2, 0) is 39.5 Å². The molecule has 4 aromatic carbocycles. The Kier molecular flexibility index (Phi) is 17.7. The Morgan fingerprint density at radius 1 is 0.547 bits per heavy atom. The van der Waals surface area contributed by atoms with Crippen LogP contribution in [0.2, 0.25) is 10.0 Å². The number of hydrogen-bond acceptors (Lipinski definition) is 12. The van der Waals surface area contributed by atoms with E-state index in [9.17, 15) is 20.7 Å². The molecular formula is C50H50Cl2N6O6. The van der Waals surface area contributed by atoms with E-state index in [1.165, 1.54) is 12.4 Å². The van der Waals surface area contributed by atoms with Gasteiger partial charge in [0.05, 0.1) is 21.2 Å². The maximum Gasteiger partial charge on any atom is 0.142 e. The average molecular weight is 902 g/mol. The van der Waals surface area contributed by atoms with Crippen LogP contribution in [0.5, 0.6) is 23.0 Å². The fourth-order valence-corrected chi connectivity index (χ4v) is 7.41. The van der Waals surface area contributed by atoms with E-state index in [1.54, 1.807) is 36.7 Å². The van der Waals surface area contributed by atoms with Crippen molar-refractivity contribution >= 4 is 23.2 Å². The summed E-state index contributed by atoms with van der Waals surface area (Å²) in [6.07, 6.45) is 7.56. The van der Waals surface area contributed by atoms with E-state index in [0.29, 0.717) is 83.2 Å². The van der Waals surface area contributed by atoms with E-state index in [1.807, 2.05) is 36.4 Å². The van der Waals surface area contributed by atoms with Gasteiger partial charge in [-0.2, -0.15) is 10.5 Å². The Hall–Kier alpha value is -6.22. The Morgan fingerprint density at radius 2 is 0.969 bits per heavy atom. The van der Waals surface area contributed by atoms with Gasteiger partial charge in [-0.1, -0.05) is 59.6 Å². The zero-order valence-corrected chi connectivity index (χ0v) is 37.3. The first-order valence-electron chi connectivity index (χ1n) is 20.9. The molecule has 6 rings (SSSR count). The SMILES string of the molecule is Cc1c(COc2cc(OCc3cncc(C#N)c3)c(CNCCCO)cc2Cl)cccc1-c1cccc(COc2cc(OCc3cncc(C#N)c3)c(CNCCCO)cc2Cl)c1C. The Labute approximate surface area is 384 Å². The van der Waals surface area contributed by atoms with E-state index in [2.05, 4.69) is 58.7 Å². The normalized spacial score (nSPS) is 10.9. The van der Waals surface area contributed by atoms with Gasteiger partial charge in [-0.05, 0) is 97.4 Å². The zero-order chi connectivity index (χ0) is 45.3. The predicted octanol–water partition coefficient (Wildman–Crippen LogP) is 9.07. The summed E-state index contributed by atoms with van der Waals surface area (Å²) in [4.78, 5) is 8.29. The van der Waals surface area contributed by atoms with Gasteiger partial charge < -0.3 is 39.8 Å². The minimum Gasteiger partial charge on any atom is -0.488 e. The lowest BCUT2D eigenvalue weighted by Crippen LogP contribution is -2.16. The Bertz CT molecular complexity index is 2430. The standard InChI is InChI=1S/C50H50Cl2N6O6/c1-33-39(31-63-49-19-47(41(17-45(49)51)27-55-11-5-13-59)61-29-37-15-35(21-53)23-57-25-37)7-3-9-43(33)44-10-4-8-40(34(44)2)32-64-50-20-48(42(18-46(50)52)28-56-12-6-14-60)62-30-38-16-36(22-54)24-58-26-38/h3-4,7-10,15-20,23-26,55-56,59-60H,5-6,11-14,27-32H2,1-2H3. The summed E-state index contributed by atoms with van der Waals surface area (Å²) in [6, 6.07) is 27.2. The summed E-state index contributed by atoms with van der Waals surface area (Å²) in [7, 11) is 0. The number of hydrogen-bond donors (Lipinski definition) is 4. The average Bonchev–Trinajstić information content (AvgIpc) is 3.31. The maximum absolute atomic E-state index is 9.33. The van der Waals surface area contributed by atoms with Crippen molar-refractivity contribution in [3.63, 3.8) is 0 Å². The van der Waals surface area contributed by atoms with Gasteiger partial charge in [0.1, 0.15) is 61.6 Å². The number of ether oxygens (including phenoxy) is 4. The van der Waals surface area contributed by atoms with Crippen LogP contribution in [0.4, 0.5) is 0 Å². The van der Waals surface area contributed by atoms with E-state index in [0.717, 1.165) is 55.6 Å². The maximum atomic E-state index is 9.33. The largest absolute Gasteiger partial charge is 0.488 e. The third kappa shape index (κ3) is 12.9. The summed E-state index contributed by atoms with van der Waals surface area (Å²) in [6.45, 7) is 7.38. The van der Waals surface area contributed by atoms with Crippen molar-refractivity contribution in [2.45, 2.75) is 66.2 Å². The quantitative estimate of drug-likeness (QED) is 0.0450. The van der Waals surface area contributed by atoms with Crippen LogP contribution in [0.25, 0.3) is 11.1 Å². The van der Waals surface area contributed by atoms with Crippen molar-refractivity contribution < 1.29 is 29.2 Å². The van der Waals surface area contributed by atoms with Crippen molar-refractivity contribution in [3.05, 3.63) is 163 Å². The van der Waals surface area contributed by atoms with Gasteiger partial charge in [-0.25, -0.2) is 0 Å². The van der Waals surface area contributed by atoms with Crippen molar-refractivity contribution in [3.8, 4) is 46.3 Å². The van der Waals surface area contributed by atoms with Crippen molar-refractivity contribution in [2.75, 3.05) is 26.3 Å². The van der Waals surface area contributed by atoms with E-state index < -0.39 is 0 Å². The predicted molar refractivity (Wildman–Crippen MR) is 246 cm³/mol. The van der Waals surface area contributed by atoms with Crippen LogP contribution in [0.3, 0.4) is 0 Å². The lowest BCUT2D eigenvalue weighted by Gasteiger charge is -2.19. The van der Waals surface area contributed by atoms with Gasteiger partial charge in [-0.15, -0.1) is 0 Å². The molecule has 330 valence electrons. The molecule has 0 atom stereocenters. The minimum absolute atomic E-state index is 0.0862. The molecule has 2 heterocycles. The molecule has 12 nitrogen and oxygen atoms in total. The molecular weight excluding hydrogens is 851 g/mol. The summed E-state index contributed by atoms with van der Waals surface area (Å²) < 4.78 is 25.3. The summed E-state index contributed by atoms with van der Waals surface area (Å²) in [5.74, 6) is 2.07. The number of aliphatic hydroxyl groups is 2. The number of halogens is 2. The molecule has 0 bridgehead atoms. The van der Waals surface area contributed by atoms with Crippen LogP contribution in [-0.4, -0.2) is 46.5 Å². The monoisotopic (exact) mass is 900 g/mol. The van der Waals surface area contributed by atoms with Crippen LogP contribution in [0, 0.1) is 36.5 Å². The van der Waals surface area contributed by atoms with E-state index >= 15 is 0 Å². The first-order valence-corrected chi connectivity index (χ1v) is 21.6. The van der Waals surface area contributed by atoms with Crippen LogP contribution < -0.4 is 29.6 Å². The number of aromatic nitrogens is 2. The highest BCUT2D eigenvalue weighted by Crippen LogP contribution is 2.37. The van der Waals surface area contributed by atoms with Gasteiger partial charge in [0.2, 0.25) is 0 Å². The number of rotatable bonds is 23. The van der Waals surface area contributed by atoms with Gasteiger partial charge in [-0.3, -0.25) is 9.97 Å². The second-order valence-corrected chi connectivity index (χ2v) is 15.8. The molecule has 0 radical (unpaired) electrons. The molecule has 0 saturated heterocycles. The highest BCUT2D eigenvalue weighted by molar-refractivity contribution is 6.32. The van der Waals surface area contributed by atoms with Crippen molar-refractivity contribution in [1.29, 1.82) is 10.5 Å².